The highest BCUT2D eigenvalue weighted by Crippen LogP contribution is 1.93. The number of hydrogen-bond donors (Lipinski definition) is 1. The van der Waals surface area contributed by atoms with Crippen LogP contribution >= 0.6 is 12.6 Å². The third-order valence-corrected chi connectivity index (χ3v) is 0.878. The normalized spacial score (nSPS) is 8.29. The molecule has 0 saturated heterocycles. The molecule has 2 heteroatoms. The highest BCUT2D eigenvalue weighted by Gasteiger charge is 1.83. The van der Waals surface area contributed by atoms with E-state index in [1.807, 2.05) is 6.92 Å². The lowest BCUT2D eigenvalue weighted by atomic mass is 10.6. The molecule has 0 aromatic heterocycles. The lowest BCUT2D eigenvalue weighted by molar-refractivity contribution is 0.235. The molecule has 0 rings (SSSR count). The van der Waals surface area contributed by atoms with Gasteiger partial charge in [-0.3, -0.25) is 0 Å². The van der Waals surface area contributed by atoms with Crippen LogP contribution in [0.2, 0.25) is 0 Å². The summed E-state index contributed by atoms with van der Waals surface area (Å²) in [6, 6.07) is 0. The van der Waals surface area contributed by atoms with Crippen molar-refractivity contribution in [2.45, 2.75) is 6.92 Å². The molecule has 0 amide bonds. The zero-order chi connectivity index (χ0) is 5.70. The first-order valence-corrected chi connectivity index (χ1v) is 2.86. The van der Waals surface area contributed by atoms with Crippen molar-refractivity contribution >= 4 is 12.6 Å². The zero-order valence-electron chi connectivity index (χ0n) is 4.48. The van der Waals surface area contributed by atoms with Crippen molar-refractivity contribution in [2.24, 2.45) is 0 Å². The average molecular weight is 118 g/mol. The minimum absolute atomic E-state index is 0.619. The van der Waals surface area contributed by atoms with Crippen LogP contribution in [0, 0.1) is 0 Å². The second kappa shape index (κ2) is 4.06. The molecule has 0 saturated carbocycles. The standard InChI is InChI=1S/C5H10OS/c1-3-6-5(2)4-7/h7H,2-4H2,1H3. The topological polar surface area (TPSA) is 9.23 Å². The molecule has 0 aliphatic carbocycles. The molecular weight excluding hydrogens is 108 g/mol. The van der Waals surface area contributed by atoms with Crippen LogP contribution < -0.4 is 0 Å². The van der Waals surface area contributed by atoms with Crippen LogP contribution in [0.1, 0.15) is 6.92 Å². The van der Waals surface area contributed by atoms with Crippen molar-refractivity contribution < 1.29 is 4.74 Å². The number of ether oxygens (including phenoxy) is 1. The van der Waals surface area contributed by atoms with Gasteiger partial charge in [-0.1, -0.05) is 6.58 Å². The second-order valence-corrected chi connectivity index (χ2v) is 1.45. The van der Waals surface area contributed by atoms with Crippen LogP contribution in [0.3, 0.4) is 0 Å². The maximum absolute atomic E-state index is 4.92. The Bertz CT molecular complexity index is 61.1. The summed E-state index contributed by atoms with van der Waals surface area (Å²) in [6.07, 6.45) is 0. The van der Waals surface area contributed by atoms with Crippen LogP contribution in [0.5, 0.6) is 0 Å². The van der Waals surface area contributed by atoms with Crippen molar-refractivity contribution in [3.8, 4) is 0 Å². The van der Waals surface area contributed by atoms with Gasteiger partial charge < -0.3 is 4.74 Å². The summed E-state index contributed by atoms with van der Waals surface area (Å²) in [7, 11) is 0. The van der Waals surface area contributed by atoms with Crippen LogP contribution in [0.4, 0.5) is 0 Å². The molecule has 0 N–H and O–H groups in total. The Morgan fingerprint density at radius 3 is 2.57 bits per heavy atom. The largest absolute Gasteiger partial charge is 0.498 e. The molecule has 0 radical (unpaired) electrons. The van der Waals surface area contributed by atoms with Gasteiger partial charge in [0.05, 0.1) is 12.4 Å². The zero-order valence-corrected chi connectivity index (χ0v) is 5.37. The van der Waals surface area contributed by atoms with Gasteiger partial charge >= 0.3 is 0 Å². The maximum atomic E-state index is 4.92. The molecule has 0 aliphatic heterocycles. The van der Waals surface area contributed by atoms with Crippen molar-refractivity contribution in [1.82, 2.24) is 0 Å². The van der Waals surface area contributed by atoms with Gasteiger partial charge in [-0.2, -0.15) is 12.6 Å². The molecule has 0 heterocycles. The van der Waals surface area contributed by atoms with E-state index in [-0.39, 0.29) is 0 Å². The summed E-state index contributed by atoms with van der Waals surface area (Å²) in [5.41, 5.74) is 0. The quantitative estimate of drug-likeness (QED) is 0.436. The van der Waals surface area contributed by atoms with Crippen molar-refractivity contribution in [2.75, 3.05) is 12.4 Å². The molecule has 0 bridgehead atoms. The third kappa shape index (κ3) is 3.73. The first-order chi connectivity index (χ1) is 3.31. The number of thiol groups is 1. The van der Waals surface area contributed by atoms with E-state index in [0.29, 0.717) is 12.4 Å². The second-order valence-electron chi connectivity index (χ2n) is 1.13. The summed E-state index contributed by atoms with van der Waals surface area (Å²) >= 11 is 3.92. The fourth-order valence-electron chi connectivity index (χ4n) is 0.250. The monoisotopic (exact) mass is 118 g/mol. The van der Waals surface area contributed by atoms with Crippen molar-refractivity contribution in [1.29, 1.82) is 0 Å². The average Bonchev–Trinajstić information content (AvgIpc) is 1.68. The van der Waals surface area contributed by atoms with Crippen LogP contribution in [0.15, 0.2) is 12.3 Å². The van der Waals surface area contributed by atoms with Gasteiger partial charge in [0.2, 0.25) is 0 Å². The fraction of sp³-hybridized carbons (Fsp3) is 0.600. The molecule has 7 heavy (non-hydrogen) atoms. The Kier molecular flexibility index (Phi) is 4.00. The van der Waals surface area contributed by atoms with Gasteiger partial charge in [0, 0.05) is 5.75 Å². The van der Waals surface area contributed by atoms with E-state index in [1.54, 1.807) is 0 Å². The maximum Gasteiger partial charge on any atom is 0.0984 e. The Labute approximate surface area is 49.8 Å². The SMILES string of the molecule is C=C(CS)OCC. The molecule has 1 nitrogen and oxygen atoms in total. The first kappa shape index (κ1) is 6.89. The van der Waals surface area contributed by atoms with Gasteiger partial charge in [0.15, 0.2) is 0 Å². The Balaban J connectivity index is 3.00. The fourth-order valence-corrected chi connectivity index (χ4v) is 0.341. The van der Waals surface area contributed by atoms with Gasteiger partial charge in [0.25, 0.3) is 0 Å². The molecule has 0 spiro atoms. The van der Waals surface area contributed by atoms with Crippen molar-refractivity contribution in [3.05, 3.63) is 12.3 Å². The van der Waals surface area contributed by atoms with Crippen LogP contribution in [-0.2, 0) is 4.74 Å². The molecule has 0 fully saturated rings. The third-order valence-electron chi connectivity index (χ3n) is 0.525. The Hall–Kier alpha value is -0.110. The van der Waals surface area contributed by atoms with E-state index in [9.17, 15) is 0 Å². The summed E-state index contributed by atoms with van der Waals surface area (Å²) in [5, 5.41) is 0. The highest BCUT2D eigenvalue weighted by molar-refractivity contribution is 7.80. The van der Waals surface area contributed by atoms with Gasteiger partial charge in [-0.25, -0.2) is 0 Å². The summed E-state index contributed by atoms with van der Waals surface area (Å²) in [5.74, 6) is 1.36. The molecule has 0 aromatic carbocycles. The summed E-state index contributed by atoms with van der Waals surface area (Å²) < 4.78 is 4.92. The van der Waals surface area contributed by atoms with E-state index >= 15 is 0 Å². The molecule has 0 aromatic rings. The van der Waals surface area contributed by atoms with Crippen LogP contribution in [0.25, 0.3) is 0 Å². The predicted molar refractivity (Wildman–Crippen MR) is 34.6 cm³/mol. The smallest absolute Gasteiger partial charge is 0.0984 e. The lowest BCUT2D eigenvalue weighted by Crippen LogP contribution is -1.89. The number of hydrogen-bond acceptors (Lipinski definition) is 2. The summed E-state index contributed by atoms with van der Waals surface area (Å²) in [4.78, 5) is 0. The van der Waals surface area contributed by atoms with E-state index in [1.165, 1.54) is 0 Å². The van der Waals surface area contributed by atoms with E-state index in [2.05, 4.69) is 19.2 Å². The molecule has 0 atom stereocenters. The van der Waals surface area contributed by atoms with E-state index in [0.717, 1.165) is 5.76 Å². The minimum Gasteiger partial charge on any atom is -0.498 e. The van der Waals surface area contributed by atoms with E-state index in [4.69, 9.17) is 4.74 Å². The van der Waals surface area contributed by atoms with Gasteiger partial charge in [-0.15, -0.1) is 0 Å². The van der Waals surface area contributed by atoms with Crippen LogP contribution in [-0.4, -0.2) is 12.4 Å². The minimum atomic E-state index is 0.619. The van der Waals surface area contributed by atoms with E-state index < -0.39 is 0 Å². The number of rotatable bonds is 3. The molecule has 42 valence electrons. The Morgan fingerprint density at radius 1 is 1.86 bits per heavy atom. The highest BCUT2D eigenvalue weighted by atomic mass is 32.1. The Morgan fingerprint density at radius 2 is 2.43 bits per heavy atom. The van der Waals surface area contributed by atoms with Gasteiger partial charge in [0.1, 0.15) is 0 Å². The lowest BCUT2D eigenvalue weighted by Gasteiger charge is -1.99. The first-order valence-electron chi connectivity index (χ1n) is 2.22. The molecule has 0 unspecified atom stereocenters. The molecule has 0 aliphatic rings. The molecular formula is C5H10OS. The van der Waals surface area contributed by atoms with Gasteiger partial charge in [-0.05, 0) is 6.92 Å². The predicted octanol–water partition coefficient (Wildman–Crippen LogP) is 1.47. The van der Waals surface area contributed by atoms with Crippen molar-refractivity contribution in [3.63, 3.8) is 0 Å². The summed E-state index contributed by atoms with van der Waals surface area (Å²) in [6.45, 7) is 6.18.